The molecule has 1 heterocycles. The second-order valence-corrected chi connectivity index (χ2v) is 7.63. The Morgan fingerprint density at radius 2 is 1.74 bits per heavy atom. The molecule has 3 heteroatoms. The number of carbonyl (C=O) groups is 1. The average molecular weight is 413 g/mol. The maximum absolute atomic E-state index is 11.4. The van der Waals surface area contributed by atoms with Crippen LogP contribution in [-0.4, -0.2) is 10.8 Å². The number of benzene rings is 2. The molecule has 3 nitrogen and oxygen atoms in total. The maximum atomic E-state index is 11.4. The Balaban J connectivity index is 0.00000166. The van der Waals surface area contributed by atoms with Crippen LogP contribution in [0, 0.1) is 17.2 Å². The largest absolute Gasteiger partial charge is 0.300 e. The molecular weight excluding hydrogens is 380 g/mol. The molecule has 0 aliphatic carbocycles. The van der Waals surface area contributed by atoms with Gasteiger partial charge in [-0.3, -0.25) is 9.78 Å². The quantitative estimate of drug-likeness (QED) is 0.409. The molecule has 3 aromatic rings. The summed E-state index contributed by atoms with van der Waals surface area (Å²) in [5.74, 6) is 0.425. The van der Waals surface area contributed by atoms with E-state index in [1.807, 2.05) is 26.8 Å². The molecule has 0 spiro atoms. The van der Waals surface area contributed by atoms with Crippen molar-refractivity contribution in [1.29, 1.82) is 5.26 Å². The number of aryl methyl sites for hydroxylation is 1. The normalized spacial score (nSPS) is 11.1. The van der Waals surface area contributed by atoms with Crippen LogP contribution in [0.2, 0.25) is 0 Å². The fourth-order valence-corrected chi connectivity index (χ4v) is 3.48. The number of nitriles is 1. The topological polar surface area (TPSA) is 53.8 Å². The molecule has 0 saturated carbocycles. The van der Waals surface area contributed by atoms with Gasteiger partial charge in [-0.15, -0.1) is 0 Å². The van der Waals surface area contributed by atoms with Crippen LogP contribution in [0.15, 0.2) is 67.0 Å². The van der Waals surface area contributed by atoms with Crippen molar-refractivity contribution < 1.29 is 4.79 Å². The Morgan fingerprint density at radius 3 is 2.42 bits per heavy atom. The van der Waals surface area contributed by atoms with Crippen LogP contribution < -0.4 is 0 Å². The number of nitrogens with zero attached hydrogens (tertiary/aromatic N) is 2. The SMILES string of the molecule is CC.CC(=O)C(C)CCCc1cccc(Cc2ccc(-c3ccncc3C#N)cc2)c1. The summed E-state index contributed by atoms with van der Waals surface area (Å²) in [4.78, 5) is 15.4. The van der Waals surface area contributed by atoms with Gasteiger partial charge >= 0.3 is 0 Å². The van der Waals surface area contributed by atoms with Crippen molar-refractivity contribution in [2.24, 2.45) is 5.92 Å². The van der Waals surface area contributed by atoms with Crippen LogP contribution in [0.1, 0.15) is 62.8 Å². The summed E-state index contributed by atoms with van der Waals surface area (Å²) in [6, 6.07) is 21.2. The molecule has 160 valence electrons. The molecule has 0 aliphatic heterocycles. The third kappa shape index (κ3) is 7.19. The molecule has 1 unspecified atom stereocenters. The van der Waals surface area contributed by atoms with E-state index in [2.05, 4.69) is 59.6 Å². The van der Waals surface area contributed by atoms with E-state index in [4.69, 9.17) is 0 Å². The second kappa shape index (κ2) is 12.4. The first-order chi connectivity index (χ1) is 15.1. The average Bonchev–Trinajstić information content (AvgIpc) is 2.81. The molecule has 0 radical (unpaired) electrons. The summed E-state index contributed by atoms with van der Waals surface area (Å²) < 4.78 is 0. The molecule has 1 aromatic heterocycles. The summed E-state index contributed by atoms with van der Waals surface area (Å²) in [6.45, 7) is 7.68. The third-order valence-electron chi connectivity index (χ3n) is 5.40. The van der Waals surface area contributed by atoms with Gasteiger partial charge in [0.1, 0.15) is 11.9 Å². The fourth-order valence-electron chi connectivity index (χ4n) is 3.48. The summed E-state index contributed by atoms with van der Waals surface area (Å²) in [7, 11) is 0. The zero-order valence-electron chi connectivity index (χ0n) is 19.1. The smallest absolute Gasteiger partial charge is 0.132 e. The lowest BCUT2D eigenvalue weighted by atomic mass is 9.96. The van der Waals surface area contributed by atoms with Crippen molar-refractivity contribution in [3.8, 4) is 17.2 Å². The Hall–Kier alpha value is -3.25. The minimum atomic E-state index is 0.152. The predicted octanol–water partition coefficient (Wildman–Crippen LogP) is 6.79. The Bertz CT molecular complexity index is 1020. The summed E-state index contributed by atoms with van der Waals surface area (Å²) in [5.41, 5.74) is 6.38. The van der Waals surface area contributed by atoms with Crippen LogP contribution in [0.3, 0.4) is 0 Å². The highest BCUT2D eigenvalue weighted by molar-refractivity contribution is 5.77. The molecule has 0 N–H and O–H groups in total. The van der Waals surface area contributed by atoms with Crippen LogP contribution in [0.4, 0.5) is 0 Å². The van der Waals surface area contributed by atoms with E-state index in [0.717, 1.165) is 36.8 Å². The summed E-state index contributed by atoms with van der Waals surface area (Å²) in [6.07, 6.45) is 7.17. The van der Waals surface area contributed by atoms with E-state index >= 15 is 0 Å². The molecule has 0 bridgehead atoms. The van der Waals surface area contributed by atoms with Gasteiger partial charge in [-0.05, 0) is 60.9 Å². The van der Waals surface area contributed by atoms with Crippen LogP contribution in [0.25, 0.3) is 11.1 Å². The first-order valence-corrected chi connectivity index (χ1v) is 11.1. The minimum absolute atomic E-state index is 0.152. The van der Waals surface area contributed by atoms with Gasteiger partial charge in [0.25, 0.3) is 0 Å². The van der Waals surface area contributed by atoms with Gasteiger partial charge in [-0.2, -0.15) is 5.26 Å². The molecule has 2 aromatic carbocycles. The number of Topliss-reactive ketones (excluding diaryl/α,β-unsaturated/α-hetero) is 1. The zero-order chi connectivity index (χ0) is 22.6. The minimum Gasteiger partial charge on any atom is -0.300 e. The summed E-state index contributed by atoms with van der Waals surface area (Å²) >= 11 is 0. The third-order valence-corrected chi connectivity index (χ3v) is 5.40. The lowest BCUT2D eigenvalue weighted by molar-refractivity contribution is -0.120. The number of carbonyl (C=O) groups excluding carboxylic acids is 1. The molecule has 3 rings (SSSR count). The van der Waals surface area contributed by atoms with Crippen molar-refractivity contribution in [2.45, 2.75) is 53.4 Å². The molecule has 31 heavy (non-hydrogen) atoms. The molecular formula is C28H32N2O. The van der Waals surface area contributed by atoms with Crippen molar-refractivity contribution >= 4 is 5.78 Å². The monoisotopic (exact) mass is 412 g/mol. The number of ketones is 1. The molecule has 0 fully saturated rings. The van der Waals surface area contributed by atoms with Crippen molar-refractivity contribution in [3.63, 3.8) is 0 Å². The van der Waals surface area contributed by atoms with Gasteiger partial charge in [-0.1, -0.05) is 69.3 Å². The van der Waals surface area contributed by atoms with Gasteiger partial charge in [-0.25, -0.2) is 0 Å². The van der Waals surface area contributed by atoms with E-state index in [1.54, 1.807) is 19.3 Å². The van der Waals surface area contributed by atoms with Gasteiger partial charge in [0.05, 0.1) is 5.56 Å². The van der Waals surface area contributed by atoms with Gasteiger partial charge in [0, 0.05) is 23.9 Å². The van der Waals surface area contributed by atoms with Gasteiger partial charge in [0.2, 0.25) is 0 Å². The lowest BCUT2D eigenvalue weighted by Gasteiger charge is -2.09. The number of aromatic nitrogens is 1. The highest BCUT2D eigenvalue weighted by Crippen LogP contribution is 2.24. The summed E-state index contributed by atoms with van der Waals surface area (Å²) in [5, 5.41) is 9.27. The number of hydrogen-bond donors (Lipinski definition) is 0. The zero-order valence-corrected chi connectivity index (χ0v) is 19.1. The highest BCUT2D eigenvalue weighted by atomic mass is 16.1. The van der Waals surface area contributed by atoms with Crippen LogP contribution >= 0.6 is 0 Å². The van der Waals surface area contributed by atoms with Gasteiger partial charge in [0.15, 0.2) is 0 Å². The Morgan fingerprint density at radius 1 is 1.03 bits per heavy atom. The van der Waals surface area contributed by atoms with E-state index in [9.17, 15) is 10.1 Å². The predicted molar refractivity (Wildman–Crippen MR) is 128 cm³/mol. The van der Waals surface area contributed by atoms with Crippen molar-refractivity contribution in [1.82, 2.24) is 4.98 Å². The number of hydrogen-bond acceptors (Lipinski definition) is 3. The van der Waals surface area contributed by atoms with E-state index < -0.39 is 0 Å². The van der Waals surface area contributed by atoms with E-state index in [0.29, 0.717) is 5.56 Å². The molecule has 0 aliphatic rings. The first-order valence-electron chi connectivity index (χ1n) is 11.1. The second-order valence-electron chi connectivity index (χ2n) is 7.63. The molecule has 0 amide bonds. The van der Waals surface area contributed by atoms with Crippen molar-refractivity contribution in [2.75, 3.05) is 0 Å². The Labute approximate surface area is 186 Å². The van der Waals surface area contributed by atoms with Crippen LogP contribution in [0.5, 0.6) is 0 Å². The maximum Gasteiger partial charge on any atom is 0.132 e. The highest BCUT2D eigenvalue weighted by Gasteiger charge is 2.08. The van der Waals surface area contributed by atoms with Crippen molar-refractivity contribution in [3.05, 3.63) is 89.2 Å². The van der Waals surface area contributed by atoms with E-state index in [1.165, 1.54) is 16.7 Å². The lowest BCUT2D eigenvalue weighted by Crippen LogP contribution is -2.06. The molecule has 1 atom stereocenters. The van der Waals surface area contributed by atoms with E-state index in [-0.39, 0.29) is 11.7 Å². The Kier molecular flexibility index (Phi) is 9.65. The van der Waals surface area contributed by atoms with Gasteiger partial charge < -0.3 is 0 Å². The van der Waals surface area contributed by atoms with Crippen LogP contribution in [-0.2, 0) is 17.6 Å². The molecule has 0 saturated heterocycles. The first kappa shape index (κ1) is 24.0. The standard InChI is InChI=1S/C26H26N2O.C2H6/c1-19(20(2)29)5-3-6-21-7-4-8-23(15-21)16-22-9-11-24(12-10-22)26-13-14-28-18-25(26)17-27;1-2/h4,7-15,18-19H,3,5-6,16H2,1-2H3;1-2H3. The number of pyridine rings is 1. The fraction of sp³-hybridized carbons (Fsp3) is 0.321. The number of rotatable bonds is 8.